The number of likely N-dealkylation sites (tertiary alicyclic amines) is 1. The lowest BCUT2D eigenvalue weighted by Crippen LogP contribution is -2.46. The quantitative estimate of drug-likeness (QED) is 0.730. The van der Waals surface area contributed by atoms with Crippen LogP contribution < -0.4 is 0 Å². The number of piperidine rings is 1. The summed E-state index contributed by atoms with van der Waals surface area (Å²) in [5, 5.41) is -0.662. The molecule has 0 aromatic carbocycles. The summed E-state index contributed by atoms with van der Waals surface area (Å²) in [5.74, 6) is -5.07. The van der Waals surface area contributed by atoms with Gasteiger partial charge in [-0.15, -0.1) is 0 Å². The van der Waals surface area contributed by atoms with Gasteiger partial charge in [-0.05, 0) is 33.6 Å². The van der Waals surface area contributed by atoms with Crippen molar-refractivity contribution >= 4 is 27.8 Å². The molecule has 0 spiro atoms. The monoisotopic (exact) mass is 355 g/mol. The number of Topliss-reactive ketones (excluding diaryl/α,β-unsaturated/α-hetero) is 1. The van der Waals surface area contributed by atoms with Gasteiger partial charge in [0.15, 0.2) is 0 Å². The number of ether oxygens (including phenoxy) is 1. The van der Waals surface area contributed by atoms with Gasteiger partial charge in [-0.25, -0.2) is 4.79 Å². The minimum atomic E-state index is -3.33. The van der Waals surface area contributed by atoms with E-state index in [1.165, 1.54) is 4.90 Å². The molecule has 1 aliphatic rings. The van der Waals surface area contributed by atoms with E-state index >= 15 is 0 Å². The Balaban J connectivity index is 2.52. The fourth-order valence-corrected chi connectivity index (χ4v) is 2.29. The molecule has 0 aliphatic carbocycles. The summed E-state index contributed by atoms with van der Waals surface area (Å²) in [7, 11) is 0. The molecule has 7 heteroatoms. The van der Waals surface area contributed by atoms with Gasteiger partial charge >= 0.3 is 12.0 Å². The molecule has 116 valence electrons. The van der Waals surface area contributed by atoms with Gasteiger partial charge in [0.2, 0.25) is 5.78 Å². The molecule has 0 aromatic rings. The Hall–Kier alpha value is -0.720. The molecule has 1 saturated heterocycles. The summed E-state index contributed by atoms with van der Waals surface area (Å²) in [6.07, 6.45) is 0.0390. The number of amides is 1. The lowest BCUT2D eigenvalue weighted by atomic mass is 9.90. The molecule has 0 radical (unpaired) electrons. The molecule has 0 bridgehead atoms. The highest BCUT2D eigenvalue weighted by molar-refractivity contribution is 9.09. The SMILES string of the molecule is CC(C)(C)OC(=O)N1CCC(C(=O)C(F)(F)CBr)CC1. The maximum Gasteiger partial charge on any atom is 0.410 e. The highest BCUT2D eigenvalue weighted by atomic mass is 79.9. The molecule has 1 aliphatic heterocycles. The van der Waals surface area contributed by atoms with Crippen molar-refractivity contribution in [1.82, 2.24) is 4.90 Å². The zero-order valence-electron chi connectivity index (χ0n) is 11.9. The van der Waals surface area contributed by atoms with Gasteiger partial charge < -0.3 is 9.64 Å². The van der Waals surface area contributed by atoms with E-state index in [1.807, 2.05) is 0 Å². The average molecular weight is 356 g/mol. The smallest absolute Gasteiger partial charge is 0.410 e. The van der Waals surface area contributed by atoms with E-state index in [4.69, 9.17) is 4.74 Å². The number of ketones is 1. The molecule has 0 aromatic heterocycles. The van der Waals surface area contributed by atoms with E-state index < -0.39 is 34.6 Å². The van der Waals surface area contributed by atoms with Crippen LogP contribution in [0.3, 0.4) is 0 Å². The van der Waals surface area contributed by atoms with Gasteiger partial charge in [0.05, 0.1) is 5.33 Å². The van der Waals surface area contributed by atoms with Crippen LogP contribution in [-0.4, -0.2) is 46.7 Å². The first-order valence-electron chi connectivity index (χ1n) is 6.53. The van der Waals surface area contributed by atoms with Crippen molar-refractivity contribution in [3.8, 4) is 0 Å². The van der Waals surface area contributed by atoms with Crippen LogP contribution in [-0.2, 0) is 9.53 Å². The lowest BCUT2D eigenvalue weighted by Gasteiger charge is -2.33. The number of hydrogen-bond donors (Lipinski definition) is 0. The minimum absolute atomic E-state index is 0.251. The van der Waals surface area contributed by atoms with Crippen molar-refractivity contribution in [3.05, 3.63) is 0 Å². The number of carbonyl (C=O) groups is 2. The normalized spacial score (nSPS) is 18.0. The van der Waals surface area contributed by atoms with Crippen LogP contribution in [0.25, 0.3) is 0 Å². The lowest BCUT2D eigenvalue weighted by molar-refractivity contribution is -0.145. The highest BCUT2D eigenvalue weighted by Crippen LogP contribution is 2.28. The van der Waals surface area contributed by atoms with E-state index in [9.17, 15) is 18.4 Å². The maximum absolute atomic E-state index is 13.3. The number of rotatable bonds is 3. The van der Waals surface area contributed by atoms with E-state index in [-0.39, 0.29) is 25.9 Å². The molecule has 1 rings (SSSR count). The standard InChI is InChI=1S/C13H20BrF2NO3/c1-12(2,3)20-11(19)17-6-4-9(5-7-17)10(18)13(15,16)8-14/h9H,4-8H2,1-3H3. The molecule has 1 heterocycles. The predicted octanol–water partition coefficient (Wildman–Crippen LogP) is 3.23. The fraction of sp³-hybridized carbons (Fsp3) is 0.846. The Labute approximate surface area is 126 Å². The van der Waals surface area contributed by atoms with Crippen LogP contribution in [0.1, 0.15) is 33.6 Å². The highest BCUT2D eigenvalue weighted by Gasteiger charge is 2.43. The molecule has 0 unspecified atom stereocenters. The van der Waals surface area contributed by atoms with Crippen molar-refractivity contribution in [2.75, 3.05) is 18.4 Å². The average Bonchev–Trinajstić information content (AvgIpc) is 2.36. The van der Waals surface area contributed by atoms with E-state index in [2.05, 4.69) is 15.9 Å². The summed E-state index contributed by atoms with van der Waals surface area (Å²) in [5.41, 5.74) is -0.591. The number of alkyl halides is 3. The Bertz CT molecular complexity index is 374. The molecule has 1 amide bonds. The first-order chi connectivity index (χ1) is 9.07. The largest absolute Gasteiger partial charge is 0.444 e. The van der Waals surface area contributed by atoms with E-state index in [1.54, 1.807) is 20.8 Å². The molecule has 4 nitrogen and oxygen atoms in total. The van der Waals surface area contributed by atoms with Crippen LogP contribution in [0, 0.1) is 5.92 Å². The molecule has 0 atom stereocenters. The van der Waals surface area contributed by atoms with Gasteiger partial charge in [-0.2, -0.15) is 8.78 Å². The maximum atomic E-state index is 13.3. The first kappa shape index (κ1) is 17.3. The zero-order chi connectivity index (χ0) is 15.6. The molecule has 20 heavy (non-hydrogen) atoms. The summed E-state index contributed by atoms with van der Waals surface area (Å²) >= 11 is 2.65. The molecule has 1 fully saturated rings. The Morgan fingerprint density at radius 2 is 1.75 bits per heavy atom. The van der Waals surface area contributed by atoms with E-state index in [0.29, 0.717) is 0 Å². The second-order valence-electron chi connectivity index (χ2n) is 5.94. The Morgan fingerprint density at radius 1 is 1.25 bits per heavy atom. The van der Waals surface area contributed by atoms with Crippen LogP contribution in [0.15, 0.2) is 0 Å². The molecular formula is C13H20BrF2NO3. The third-order valence-corrected chi connectivity index (χ3v) is 3.75. The van der Waals surface area contributed by atoms with Crippen LogP contribution >= 0.6 is 15.9 Å². The third-order valence-electron chi connectivity index (χ3n) is 3.05. The Kier molecular flexibility index (Phi) is 5.52. The molecule has 0 saturated carbocycles. The van der Waals surface area contributed by atoms with Gasteiger partial charge in [-0.1, -0.05) is 15.9 Å². The third kappa shape index (κ3) is 4.68. The van der Waals surface area contributed by atoms with Crippen molar-refractivity contribution in [3.63, 3.8) is 0 Å². The van der Waals surface area contributed by atoms with Gasteiger partial charge in [0, 0.05) is 19.0 Å². The summed E-state index contributed by atoms with van der Waals surface area (Å²) in [6, 6.07) is 0. The predicted molar refractivity (Wildman–Crippen MR) is 74.3 cm³/mol. The van der Waals surface area contributed by atoms with Crippen molar-refractivity contribution in [2.45, 2.75) is 45.1 Å². The van der Waals surface area contributed by atoms with E-state index in [0.717, 1.165) is 0 Å². The summed E-state index contributed by atoms with van der Waals surface area (Å²) in [6.45, 7) is 5.82. The Morgan fingerprint density at radius 3 is 2.15 bits per heavy atom. The van der Waals surface area contributed by atoms with Crippen LogP contribution in [0.4, 0.5) is 13.6 Å². The topological polar surface area (TPSA) is 46.6 Å². The van der Waals surface area contributed by atoms with Gasteiger partial charge in [0.1, 0.15) is 5.60 Å². The summed E-state index contributed by atoms with van der Waals surface area (Å²) < 4.78 is 31.8. The van der Waals surface area contributed by atoms with Gasteiger partial charge in [-0.3, -0.25) is 4.79 Å². The van der Waals surface area contributed by atoms with Crippen molar-refractivity contribution in [1.29, 1.82) is 0 Å². The summed E-state index contributed by atoms with van der Waals surface area (Å²) in [4.78, 5) is 24.9. The van der Waals surface area contributed by atoms with Crippen molar-refractivity contribution < 1.29 is 23.1 Å². The minimum Gasteiger partial charge on any atom is -0.444 e. The first-order valence-corrected chi connectivity index (χ1v) is 7.65. The second-order valence-corrected chi connectivity index (χ2v) is 6.50. The van der Waals surface area contributed by atoms with Crippen LogP contribution in [0.5, 0.6) is 0 Å². The fourth-order valence-electron chi connectivity index (χ4n) is 2.02. The number of hydrogen-bond acceptors (Lipinski definition) is 3. The molecular weight excluding hydrogens is 336 g/mol. The number of carbonyl (C=O) groups excluding carboxylic acids is 2. The second kappa shape index (κ2) is 6.37. The number of halogens is 3. The zero-order valence-corrected chi connectivity index (χ0v) is 13.5. The number of nitrogens with zero attached hydrogens (tertiary/aromatic N) is 1. The van der Waals surface area contributed by atoms with Gasteiger partial charge in [0.25, 0.3) is 0 Å². The van der Waals surface area contributed by atoms with Crippen LogP contribution in [0.2, 0.25) is 0 Å². The molecule has 0 N–H and O–H groups in total. The van der Waals surface area contributed by atoms with Crippen molar-refractivity contribution in [2.24, 2.45) is 5.92 Å².